The van der Waals surface area contributed by atoms with Gasteiger partial charge in [0, 0.05) is 23.4 Å². The molecule has 0 atom stereocenters. The molecular formula is C15H11F2N5O. The predicted octanol–water partition coefficient (Wildman–Crippen LogP) is 2.47. The zero-order valence-corrected chi connectivity index (χ0v) is 12.0. The van der Waals surface area contributed by atoms with Crippen molar-refractivity contribution >= 4 is 5.95 Å². The lowest BCUT2D eigenvalue weighted by Crippen LogP contribution is -2.01. The fourth-order valence-corrected chi connectivity index (χ4v) is 2.02. The van der Waals surface area contributed by atoms with Gasteiger partial charge in [-0.2, -0.15) is 0 Å². The minimum absolute atomic E-state index is 0.00922. The van der Waals surface area contributed by atoms with Crippen molar-refractivity contribution in [2.24, 2.45) is 0 Å². The van der Waals surface area contributed by atoms with Crippen LogP contribution >= 0.6 is 0 Å². The molecule has 0 amide bonds. The molecule has 3 rings (SSSR count). The summed E-state index contributed by atoms with van der Waals surface area (Å²) in [6.07, 6.45) is 1.45. The number of ether oxygens (including phenoxy) is 1. The Morgan fingerprint density at radius 1 is 1.04 bits per heavy atom. The molecule has 1 aromatic carbocycles. The zero-order chi connectivity index (χ0) is 16.4. The summed E-state index contributed by atoms with van der Waals surface area (Å²) in [6.45, 7) is 0. The summed E-state index contributed by atoms with van der Waals surface area (Å²) in [7, 11) is 1.47. The number of methoxy groups -OCH3 is 1. The van der Waals surface area contributed by atoms with Crippen LogP contribution in [-0.2, 0) is 0 Å². The van der Waals surface area contributed by atoms with Crippen LogP contribution in [0.5, 0.6) is 5.88 Å². The van der Waals surface area contributed by atoms with Gasteiger partial charge in [-0.25, -0.2) is 18.7 Å². The van der Waals surface area contributed by atoms with E-state index in [4.69, 9.17) is 10.5 Å². The number of aromatic nitrogens is 4. The van der Waals surface area contributed by atoms with Gasteiger partial charge in [-0.3, -0.25) is 0 Å². The highest BCUT2D eigenvalue weighted by molar-refractivity contribution is 5.78. The average molecular weight is 315 g/mol. The molecule has 0 aliphatic rings. The molecule has 116 valence electrons. The Hall–Kier alpha value is -3.16. The number of rotatable bonds is 3. The normalized spacial score (nSPS) is 10.6. The first-order valence-corrected chi connectivity index (χ1v) is 6.54. The second kappa shape index (κ2) is 5.91. The Labute approximate surface area is 130 Å². The van der Waals surface area contributed by atoms with Crippen molar-refractivity contribution in [3.63, 3.8) is 0 Å². The fourth-order valence-electron chi connectivity index (χ4n) is 2.02. The third-order valence-electron chi connectivity index (χ3n) is 3.13. The van der Waals surface area contributed by atoms with E-state index in [1.54, 1.807) is 12.1 Å². The number of nitrogen functional groups attached to an aromatic ring is 1. The van der Waals surface area contributed by atoms with Crippen molar-refractivity contribution in [2.75, 3.05) is 12.8 Å². The van der Waals surface area contributed by atoms with E-state index >= 15 is 0 Å². The molecule has 6 nitrogen and oxygen atoms in total. The summed E-state index contributed by atoms with van der Waals surface area (Å²) in [4.78, 5) is 8.04. The van der Waals surface area contributed by atoms with Gasteiger partial charge in [-0.05, 0) is 24.3 Å². The number of nitrogens with zero attached hydrogens (tertiary/aromatic N) is 4. The summed E-state index contributed by atoms with van der Waals surface area (Å²) >= 11 is 0. The van der Waals surface area contributed by atoms with Gasteiger partial charge in [0.05, 0.1) is 18.5 Å². The van der Waals surface area contributed by atoms with E-state index < -0.39 is 11.6 Å². The molecule has 0 saturated heterocycles. The van der Waals surface area contributed by atoms with E-state index in [1.807, 2.05) is 0 Å². The third-order valence-corrected chi connectivity index (χ3v) is 3.13. The van der Waals surface area contributed by atoms with Crippen LogP contribution < -0.4 is 10.5 Å². The number of hydrogen-bond acceptors (Lipinski definition) is 6. The Morgan fingerprint density at radius 3 is 2.52 bits per heavy atom. The third kappa shape index (κ3) is 2.91. The zero-order valence-electron chi connectivity index (χ0n) is 12.0. The van der Waals surface area contributed by atoms with Gasteiger partial charge in [-0.1, -0.05) is 0 Å². The van der Waals surface area contributed by atoms with Crippen LogP contribution in [0.1, 0.15) is 0 Å². The van der Waals surface area contributed by atoms with Crippen LogP contribution in [0.15, 0.2) is 36.5 Å². The molecular weight excluding hydrogens is 304 g/mol. The van der Waals surface area contributed by atoms with Gasteiger partial charge in [-0.15, -0.1) is 10.2 Å². The minimum Gasteiger partial charge on any atom is -0.480 e. The SMILES string of the molecule is COc1ccc(-c2cnc(N)nc2-c2ccc(F)c(F)c2)nn1. The van der Waals surface area contributed by atoms with E-state index in [1.165, 1.54) is 19.4 Å². The highest BCUT2D eigenvalue weighted by Crippen LogP contribution is 2.30. The van der Waals surface area contributed by atoms with Gasteiger partial charge in [0.1, 0.15) is 0 Å². The Bertz CT molecular complexity index is 855. The molecule has 0 aliphatic heterocycles. The maximum Gasteiger partial charge on any atom is 0.233 e. The van der Waals surface area contributed by atoms with Crippen LogP contribution in [0, 0.1) is 11.6 Å². The number of nitrogens with two attached hydrogens (primary N) is 1. The van der Waals surface area contributed by atoms with Gasteiger partial charge < -0.3 is 10.5 Å². The van der Waals surface area contributed by atoms with E-state index in [0.29, 0.717) is 28.4 Å². The van der Waals surface area contributed by atoms with E-state index in [0.717, 1.165) is 12.1 Å². The van der Waals surface area contributed by atoms with Crippen LogP contribution in [0.4, 0.5) is 14.7 Å². The van der Waals surface area contributed by atoms with Gasteiger partial charge in [0.25, 0.3) is 0 Å². The van der Waals surface area contributed by atoms with Crippen LogP contribution in [0.3, 0.4) is 0 Å². The number of anilines is 1. The van der Waals surface area contributed by atoms with Crippen LogP contribution in [0.2, 0.25) is 0 Å². The topological polar surface area (TPSA) is 86.8 Å². The van der Waals surface area contributed by atoms with E-state index in [9.17, 15) is 8.78 Å². The molecule has 3 aromatic rings. The highest BCUT2D eigenvalue weighted by atomic mass is 19.2. The molecule has 0 aliphatic carbocycles. The van der Waals surface area contributed by atoms with Gasteiger partial charge in [0.2, 0.25) is 11.8 Å². The number of halogens is 2. The molecule has 8 heteroatoms. The lowest BCUT2D eigenvalue weighted by atomic mass is 10.0. The van der Waals surface area contributed by atoms with Crippen molar-refractivity contribution in [1.82, 2.24) is 20.2 Å². The minimum atomic E-state index is -0.980. The predicted molar refractivity (Wildman–Crippen MR) is 79.4 cm³/mol. The van der Waals surface area contributed by atoms with Crippen molar-refractivity contribution in [3.05, 3.63) is 48.2 Å². The molecule has 2 aromatic heterocycles. The van der Waals surface area contributed by atoms with E-state index in [2.05, 4.69) is 20.2 Å². The molecule has 0 bridgehead atoms. The molecule has 2 N–H and O–H groups in total. The largest absolute Gasteiger partial charge is 0.480 e. The molecule has 2 heterocycles. The van der Waals surface area contributed by atoms with Gasteiger partial charge >= 0.3 is 0 Å². The Balaban J connectivity index is 2.15. The smallest absolute Gasteiger partial charge is 0.233 e. The van der Waals surface area contributed by atoms with Crippen LogP contribution in [0.25, 0.3) is 22.5 Å². The summed E-state index contributed by atoms with van der Waals surface area (Å²) < 4.78 is 31.6. The van der Waals surface area contributed by atoms with Crippen LogP contribution in [-0.4, -0.2) is 27.3 Å². The maximum atomic E-state index is 13.5. The first kappa shape index (κ1) is 14.8. The summed E-state index contributed by atoms with van der Waals surface area (Å²) in [6, 6.07) is 6.74. The number of benzene rings is 1. The Kier molecular flexibility index (Phi) is 3.80. The number of hydrogen-bond donors (Lipinski definition) is 1. The molecule has 0 unspecified atom stereocenters. The highest BCUT2D eigenvalue weighted by Gasteiger charge is 2.14. The van der Waals surface area contributed by atoms with Crippen molar-refractivity contribution < 1.29 is 13.5 Å². The first-order chi connectivity index (χ1) is 11.1. The standard InChI is InChI=1S/C15H11F2N5O/c1-23-13-5-4-12(21-22-13)9-7-19-15(18)20-14(9)8-2-3-10(16)11(17)6-8/h2-7H,1H3,(H2,18,19,20). The van der Waals surface area contributed by atoms with Gasteiger partial charge in [0.15, 0.2) is 11.6 Å². The van der Waals surface area contributed by atoms with E-state index in [-0.39, 0.29) is 5.95 Å². The van der Waals surface area contributed by atoms with Crippen molar-refractivity contribution in [2.45, 2.75) is 0 Å². The molecule has 0 saturated carbocycles. The quantitative estimate of drug-likeness (QED) is 0.799. The second-order valence-corrected chi connectivity index (χ2v) is 4.58. The Morgan fingerprint density at radius 2 is 1.87 bits per heavy atom. The molecule has 0 radical (unpaired) electrons. The summed E-state index contributed by atoms with van der Waals surface area (Å²) in [5.41, 5.74) is 7.23. The fraction of sp³-hybridized carbons (Fsp3) is 0.0667. The molecule has 0 fully saturated rings. The summed E-state index contributed by atoms with van der Waals surface area (Å²) in [5, 5.41) is 7.88. The lowest BCUT2D eigenvalue weighted by Gasteiger charge is -2.09. The van der Waals surface area contributed by atoms with Crippen molar-refractivity contribution in [3.8, 4) is 28.4 Å². The van der Waals surface area contributed by atoms with Crippen molar-refractivity contribution in [1.29, 1.82) is 0 Å². The second-order valence-electron chi connectivity index (χ2n) is 4.58. The summed E-state index contributed by atoms with van der Waals surface area (Å²) in [5.74, 6) is -1.57. The monoisotopic (exact) mass is 315 g/mol. The average Bonchev–Trinajstić information content (AvgIpc) is 2.57. The molecule has 0 spiro atoms. The maximum absolute atomic E-state index is 13.5. The molecule has 23 heavy (non-hydrogen) atoms. The first-order valence-electron chi connectivity index (χ1n) is 6.54. The lowest BCUT2D eigenvalue weighted by molar-refractivity contribution is 0.392.